The van der Waals surface area contributed by atoms with Gasteiger partial charge in [0.1, 0.15) is 5.02 Å². The predicted octanol–water partition coefficient (Wildman–Crippen LogP) is 5.63. The fourth-order valence-corrected chi connectivity index (χ4v) is 3.10. The molecule has 0 spiro atoms. The molecular formula is C21H28ClN3O3. The van der Waals surface area contributed by atoms with E-state index in [9.17, 15) is 14.9 Å². The Bertz CT molecular complexity index is 772. The first-order valence-electron chi connectivity index (χ1n) is 9.23. The summed E-state index contributed by atoms with van der Waals surface area (Å²) in [6, 6.07) is 14.1. The second-order valence-corrected chi connectivity index (χ2v) is 7.17. The molecule has 0 aliphatic rings. The zero-order valence-electron chi connectivity index (χ0n) is 17.0. The molecule has 0 saturated carbocycles. The van der Waals surface area contributed by atoms with Gasteiger partial charge < -0.3 is 5.32 Å². The molecular weight excluding hydrogens is 378 g/mol. The molecule has 0 atom stereocenters. The Hall–Kier alpha value is -2.44. The van der Waals surface area contributed by atoms with Crippen LogP contribution in [0, 0.1) is 10.1 Å². The molecule has 6 nitrogen and oxygen atoms in total. The number of nitro benzene ring substituents is 1. The Morgan fingerprint density at radius 2 is 1.68 bits per heavy atom. The van der Waals surface area contributed by atoms with Crippen molar-refractivity contribution in [1.82, 2.24) is 4.90 Å². The van der Waals surface area contributed by atoms with Crippen LogP contribution in [0.1, 0.15) is 45.0 Å². The van der Waals surface area contributed by atoms with Crippen molar-refractivity contribution in [2.45, 2.75) is 46.7 Å². The number of hydrogen-bond donors (Lipinski definition) is 1. The molecule has 0 heterocycles. The number of nitro groups is 1. The average Bonchev–Trinajstić information content (AvgIpc) is 2.62. The van der Waals surface area contributed by atoms with Crippen LogP contribution in [0.15, 0.2) is 48.5 Å². The van der Waals surface area contributed by atoms with Gasteiger partial charge in [0.15, 0.2) is 0 Å². The normalized spacial score (nSPS) is 10.6. The summed E-state index contributed by atoms with van der Waals surface area (Å²) in [5.74, 6) is -0.372. The van der Waals surface area contributed by atoms with Crippen molar-refractivity contribution >= 4 is 28.9 Å². The minimum Gasteiger partial charge on any atom is -0.322 e. The molecule has 0 bridgehead atoms. The summed E-state index contributed by atoms with van der Waals surface area (Å²) in [5, 5.41) is 13.2. The van der Waals surface area contributed by atoms with Crippen LogP contribution in [0.3, 0.4) is 0 Å². The summed E-state index contributed by atoms with van der Waals surface area (Å²) >= 11 is 5.75. The lowest BCUT2D eigenvalue weighted by atomic mass is 10.2. The van der Waals surface area contributed by atoms with Gasteiger partial charge in [-0.1, -0.05) is 36.7 Å². The van der Waals surface area contributed by atoms with Gasteiger partial charge in [0.2, 0.25) is 0 Å². The molecule has 0 fully saturated rings. The molecule has 0 saturated heterocycles. The molecule has 1 amide bonds. The van der Waals surface area contributed by atoms with E-state index in [-0.39, 0.29) is 22.2 Å². The number of carbonyl (C=O) groups is 1. The van der Waals surface area contributed by atoms with Crippen LogP contribution >= 0.6 is 11.6 Å². The number of benzene rings is 2. The van der Waals surface area contributed by atoms with E-state index in [0.29, 0.717) is 17.8 Å². The number of amides is 1. The van der Waals surface area contributed by atoms with E-state index in [1.165, 1.54) is 18.2 Å². The summed E-state index contributed by atoms with van der Waals surface area (Å²) < 4.78 is 0. The molecule has 0 unspecified atom stereocenters. The van der Waals surface area contributed by atoms with Gasteiger partial charge in [0.05, 0.1) is 4.92 Å². The minimum atomic E-state index is -0.596. The van der Waals surface area contributed by atoms with Gasteiger partial charge in [0.25, 0.3) is 11.6 Å². The van der Waals surface area contributed by atoms with Gasteiger partial charge in [-0.25, -0.2) is 0 Å². The number of para-hydroxylation sites is 1. The molecule has 2 aromatic carbocycles. The van der Waals surface area contributed by atoms with E-state index < -0.39 is 4.92 Å². The molecule has 152 valence electrons. The standard InChI is InChI=1S/C13H9ClN2O3.C8H19N/c14-11-8-9(6-7-12(11)16(18)19)13(17)15-10-4-2-1-3-5-10;1-6-9(7(2)3)8(4)5/h1-8H,(H,15,17);7-8H,6H2,1-5H3. The summed E-state index contributed by atoms with van der Waals surface area (Å²) in [6.07, 6.45) is 0. The number of halogens is 1. The van der Waals surface area contributed by atoms with E-state index in [1.807, 2.05) is 6.07 Å². The highest BCUT2D eigenvalue weighted by Gasteiger charge is 2.15. The number of hydrogen-bond acceptors (Lipinski definition) is 4. The molecule has 1 N–H and O–H groups in total. The Morgan fingerprint density at radius 3 is 2.07 bits per heavy atom. The number of rotatable bonds is 6. The smallest absolute Gasteiger partial charge is 0.287 e. The van der Waals surface area contributed by atoms with E-state index in [1.54, 1.807) is 24.3 Å². The quantitative estimate of drug-likeness (QED) is 0.499. The van der Waals surface area contributed by atoms with Crippen LogP contribution < -0.4 is 5.32 Å². The third-order valence-electron chi connectivity index (χ3n) is 4.13. The molecule has 0 aromatic heterocycles. The fourth-order valence-electron chi connectivity index (χ4n) is 2.85. The molecule has 0 aliphatic carbocycles. The summed E-state index contributed by atoms with van der Waals surface area (Å²) in [7, 11) is 0. The largest absolute Gasteiger partial charge is 0.322 e. The molecule has 28 heavy (non-hydrogen) atoms. The van der Waals surface area contributed by atoms with Crippen molar-refractivity contribution in [3.05, 3.63) is 69.2 Å². The maximum atomic E-state index is 11.9. The Morgan fingerprint density at radius 1 is 1.11 bits per heavy atom. The van der Waals surface area contributed by atoms with E-state index in [4.69, 9.17) is 11.6 Å². The van der Waals surface area contributed by atoms with Crippen LogP contribution in [-0.4, -0.2) is 34.4 Å². The van der Waals surface area contributed by atoms with Crippen molar-refractivity contribution in [2.24, 2.45) is 0 Å². The molecule has 7 heteroatoms. The third-order valence-corrected chi connectivity index (χ3v) is 4.43. The van der Waals surface area contributed by atoms with Crippen LogP contribution in [0.2, 0.25) is 5.02 Å². The maximum Gasteiger partial charge on any atom is 0.287 e. The van der Waals surface area contributed by atoms with Crippen LogP contribution in [0.4, 0.5) is 11.4 Å². The first-order valence-corrected chi connectivity index (χ1v) is 9.61. The number of nitrogens with one attached hydrogen (secondary N) is 1. The average molecular weight is 406 g/mol. The van der Waals surface area contributed by atoms with Crippen LogP contribution in [0.5, 0.6) is 0 Å². The Kier molecular flexibility index (Phi) is 9.62. The van der Waals surface area contributed by atoms with E-state index in [0.717, 1.165) is 6.54 Å². The first-order chi connectivity index (χ1) is 13.2. The SMILES string of the molecule is CCN(C(C)C)C(C)C.O=C(Nc1ccccc1)c1ccc([N+](=O)[O-])c(Cl)c1. The van der Waals surface area contributed by atoms with E-state index in [2.05, 4.69) is 44.8 Å². The zero-order chi connectivity index (χ0) is 21.3. The van der Waals surface area contributed by atoms with Gasteiger partial charge in [0, 0.05) is 29.4 Å². The highest BCUT2D eigenvalue weighted by atomic mass is 35.5. The van der Waals surface area contributed by atoms with Crippen molar-refractivity contribution in [3.8, 4) is 0 Å². The lowest BCUT2D eigenvalue weighted by Crippen LogP contribution is -2.36. The number of carbonyl (C=O) groups excluding carboxylic acids is 1. The number of anilines is 1. The predicted molar refractivity (Wildman–Crippen MR) is 115 cm³/mol. The molecule has 0 radical (unpaired) electrons. The molecule has 2 aromatic rings. The summed E-state index contributed by atoms with van der Waals surface area (Å²) in [4.78, 5) is 24.4. The molecule has 2 rings (SSSR count). The molecule has 0 aliphatic heterocycles. The van der Waals surface area contributed by atoms with Crippen LogP contribution in [-0.2, 0) is 0 Å². The zero-order valence-corrected chi connectivity index (χ0v) is 17.7. The van der Waals surface area contributed by atoms with Crippen LogP contribution in [0.25, 0.3) is 0 Å². The second-order valence-electron chi connectivity index (χ2n) is 6.76. The highest BCUT2D eigenvalue weighted by molar-refractivity contribution is 6.33. The fraction of sp³-hybridized carbons (Fsp3) is 0.381. The van der Waals surface area contributed by atoms with Crippen molar-refractivity contribution in [2.75, 3.05) is 11.9 Å². The van der Waals surface area contributed by atoms with Crippen molar-refractivity contribution in [1.29, 1.82) is 0 Å². The lowest BCUT2D eigenvalue weighted by molar-refractivity contribution is -0.384. The lowest BCUT2D eigenvalue weighted by Gasteiger charge is -2.28. The van der Waals surface area contributed by atoms with Gasteiger partial charge in [-0.3, -0.25) is 19.8 Å². The topological polar surface area (TPSA) is 75.5 Å². The van der Waals surface area contributed by atoms with Crippen molar-refractivity contribution in [3.63, 3.8) is 0 Å². The monoisotopic (exact) mass is 405 g/mol. The maximum absolute atomic E-state index is 11.9. The Labute approximate surface area is 171 Å². The first kappa shape index (κ1) is 23.6. The van der Waals surface area contributed by atoms with Gasteiger partial charge in [-0.05, 0) is 58.5 Å². The van der Waals surface area contributed by atoms with E-state index >= 15 is 0 Å². The number of nitrogens with zero attached hydrogens (tertiary/aromatic N) is 2. The second kappa shape index (κ2) is 11.4. The van der Waals surface area contributed by atoms with Crippen molar-refractivity contribution < 1.29 is 9.72 Å². The Balaban J connectivity index is 0.000000370. The minimum absolute atomic E-state index is 0.0642. The van der Waals surface area contributed by atoms with Gasteiger partial charge in [-0.2, -0.15) is 0 Å². The van der Waals surface area contributed by atoms with Gasteiger partial charge in [-0.15, -0.1) is 0 Å². The van der Waals surface area contributed by atoms with Gasteiger partial charge >= 0.3 is 0 Å². The summed E-state index contributed by atoms with van der Waals surface area (Å²) in [5.41, 5.74) is 0.680. The summed E-state index contributed by atoms with van der Waals surface area (Å²) in [6.45, 7) is 12.3. The highest BCUT2D eigenvalue weighted by Crippen LogP contribution is 2.25. The third kappa shape index (κ3) is 7.29.